The number of nitrogens with zero attached hydrogens (tertiary/aromatic N) is 1. The highest BCUT2D eigenvalue weighted by atomic mass is 16.5. The summed E-state index contributed by atoms with van der Waals surface area (Å²) in [7, 11) is 0. The molecule has 0 bridgehead atoms. The average molecular weight is 359 g/mol. The van der Waals surface area contributed by atoms with Crippen LogP contribution in [-0.4, -0.2) is 34.7 Å². The first-order valence-electron chi connectivity index (χ1n) is 8.82. The van der Waals surface area contributed by atoms with Gasteiger partial charge in [-0.3, -0.25) is 9.59 Å². The molecule has 1 heterocycles. The van der Waals surface area contributed by atoms with Crippen molar-refractivity contribution in [2.75, 3.05) is 6.61 Å². The van der Waals surface area contributed by atoms with E-state index in [9.17, 15) is 14.4 Å². The van der Waals surface area contributed by atoms with E-state index >= 15 is 0 Å². The van der Waals surface area contributed by atoms with Crippen molar-refractivity contribution in [3.05, 3.63) is 40.3 Å². The number of aromatic amines is 1. The highest BCUT2D eigenvalue weighted by Gasteiger charge is 2.17. The maximum absolute atomic E-state index is 12.2. The molecule has 2 aromatic rings. The van der Waals surface area contributed by atoms with Crippen LogP contribution in [-0.2, 0) is 9.53 Å². The van der Waals surface area contributed by atoms with Crippen LogP contribution in [0.4, 0.5) is 0 Å². The Morgan fingerprint density at radius 1 is 1.15 bits per heavy atom. The van der Waals surface area contributed by atoms with Gasteiger partial charge in [-0.25, -0.2) is 9.89 Å². The minimum Gasteiger partial charge on any atom is -0.451 e. The minimum absolute atomic E-state index is 0.0158. The number of aromatic nitrogens is 2. The molecule has 7 nitrogen and oxygen atoms in total. The fourth-order valence-corrected chi connectivity index (χ4v) is 2.69. The van der Waals surface area contributed by atoms with Crippen LogP contribution in [0.5, 0.6) is 0 Å². The Balaban J connectivity index is 1.90. The molecule has 0 aliphatic heterocycles. The summed E-state index contributed by atoms with van der Waals surface area (Å²) in [6, 6.07) is 6.63. The fourth-order valence-electron chi connectivity index (χ4n) is 2.69. The molecule has 0 aliphatic carbocycles. The van der Waals surface area contributed by atoms with E-state index in [4.69, 9.17) is 4.74 Å². The summed E-state index contributed by atoms with van der Waals surface area (Å²) in [5, 5.41) is 9.58. The molecule has 2 rings (SSSR count). The lowest BCUT2D eigenvalue weighted by atomic mass is 10.0. The van der Waals surface area contributed by atoms with Crippen LogP contribution in [0.25, 0.3) is 10.8 Å². The van der Waals surface area contributed by atoms with Gasteiger partial charge < -0.3 is 10.1 Å². The smallest absolute Gasteiger partial charge is 0.359 e. The van der Waals surface area contributed by atoms with Crippen LogP contribution in [0.1, 0.15) is 50.5 Å². The van der Waals surface area contributed by atoms with Gasteiger partial charge in [0.25, 0.3) is 11.5 Å². The molecule has 0 radical (unpaired) electrons. The maximum Gasteiger partial charge on any atom is 0.359 e. The van der Waals surface area contributed by atoms with Gasteiger partial charge in [0.1, 0.15) is 0 Å². The lowest BCUT2D eigenvalue weighted by Gasteiger charge is -2.14. The molecule has 0 saturated heterocycles. The molecule has 1 amide bonds. The average Bonchev–Trinajstić information content (AvgIpc) is 2.60. The van der Waals surface area contributed by atoms with Crippen LogP contribution < -0.4 is 10.9 Å². The lowest BCUT2D eigenvalue weighted by molar-refractivity contribution is -0.124. The summed E-state index contributed by atoms with van der Waals surface area (Å²) in [4.78, 5) is 35.9. The molecule has 140 valence electrons. The normalized spacial score (nSPS) is 12.2. The summed E-state index contributed by atoms with van der Waals surface area (Å²) in [6.07, 6.45) is 3.02. The number of carbonyl (C=O) groups excluding carboxylic acids is 2. The van der Waals surface area contributed by atoms with Crippen molar-refractivity contribution in [1.82, 2.24) is 15.5 Å². The van der Waals surface area contributed by atoms with Gasteiger partial charge >= 0.3 is 5.97 Å². The molecule has 0 saturated carbocycles. The molecule has 0 unspecified atom stereocenters. The number of nitrogens with one attached hydrogen (secondary N) is 2. The summed E-state index contributed by atoms with van der Waals surface area (Å²) >= 11 is 0. The largest absolute Gasteiger partial charge is 0.451 e. The molecule has 1 aromatic carbocycles. The van der Waals surface area contributed by atoms with E-state index in [-0.39, 0.29) is 29.8 Å². The third-order valence-corrected chi connectivity index (χ3v) is 4.05. The predicted molar refractivity (Wildman–Crippen MR) is 98.9 cm³/mol. The number of fused-ring (bicyclic) bond motifs is 1. The van der Waals surface area contributed by atoms with E-state index < -0.39 is 5.97 Å². The van der Waals surface area contributed by atoms with Crippen LogP contribution in [0, 0.1) is 5.92 Å². The maximum atomic E-state index is 12.2. The van der Waals surface area contributed by atoms with Gasteiger partial charge in [-0.1, -0.05) is 44.9 Å². The zero-order valence-electron chi connectivity index (χ0n) is 15.4. The Labute approximate surface area is 152 Å². The second-order valence-electron chi connectivity index (χ2n) is 6.82. The summed E-state index contributed by atoms with van der Waals surface area (Å²) in [5.74, 6) is -0.470. The number of benzene rings is 1. The molecule has 1 aromatic heterocycles. The van der Waals surface area contributed by atoms with Crippen LogP contribution in [0.2, 0.25) is 0 Å². The van der Waals surface area contributed by atoms with Crippen molar-refractivity contribution < 1.29 is 14.3 Å². The quantitative estimate of drug-likeness (QED) is 0.705. The van der Waals surface area contributed by atoms with Crippen LogP contribution >= 0.6 is 0 Å². The monoisotopic (exact) mass is 359 g/mol. The first-order chi connectivity index (χ1) is 12.4. The van der Waals surface area contributed by atoms with E-state index in [2.05, 4.69) is 29.4 Å². The number of amides is 1. The standard InChI is InChI=1S/C19H25N3O4/c1-12(2)7-6-8-13(3)20-16(23)11-26-19(25)17-14-9-4-5-10-15(14)18(24)22-21-17/h4-5,9-10,12-13H,6-8,11H2,1-3H3,(H,20,23)(H,22,24)/t13-/m0/s1. The molecule has 0 spiro atoms. The van der Waals surface area contributed by atoms with Gasteiger partial charge in [0.15, 0.2) is 12.3 Å². The predicted octanol–water partition coefficient (Wildman–Crippen LogP) is 2.41. The molecule has 0 fully saturated rings. The van der Waals surface area contributed by atoms with Crippen molar-refractivity contribution in [3.63, 3.8) is 0 Å². The van der Waals surface area contributed by atoms with Gasteiger partial charge in [-0.05, 0) is 25.3 Å². The van der Waals surface area contributed by atoms with E-state index in [1.165, 1.54) is 0 Å². The molecule has 2 N–H and O–H groups in total. The number of hydrogen-bond donors (Lipinski definition) is 2. The van der Waals surface area contributed by atoms with Crippen molar-refractivity contribution in [2.45, 2.75) is 46.1 Å². The van der Waals surface area contributed by atoms with Gasteiger partial charge in [0.05, 0.1) is 5.39 Å². The van der Waals surface area contributed by atoms with Crippen molar-refractivity contribution in [1.29, 1.82) is 0 Å². The SMILES string of the molecule is CC(C)CCC[C@H](C)NC(=O)COC(=O)c1n[nH]c(=O)c2ccccc12. The minimum atomic E-state index is -0.750. The van der Waals surface area contributed by atoms with Gasteiger partial charge in [0, 0.05) is 11.4 Å². The molecule has 0 aliphatic rings. The fraction of sp³-hybridized carbons (Fsp3) is 0.474. The number of esters is 1. The number of rotatable bonds is 8. The summed E-state index contributed by atoms with van der Waals surface area (Å²) in [6.45, 7) is 5.87. The molecular weight excluding hydrogens is 334 g/mol. The second-order valence-corrected chi connectivity index (χ2v) is 6.82. The van der Waals surface area contributed by atoms with E-state index in [0.717, 1.165) is 19.3 Å². The van der Waals surface area contributed by atoms with Crippen molar-refractivity contribution in [2.24, 2.45) is 5.92 Å². The molecule has 7 heteroatoms. The second kappa shape index (κ2) is 9.12. The Morgan fingerprint density at radius 2 is 1.85 bits per heavy atom. The van der Waals surface area contributed by atoms with Crippen LogP contribution in [0.15, 0.2) is 29.1 Å². The van der Waals surface area contributed by atoms with Gasteiger partial charge in [-0.2, -0.15) is 5.10 Å². The zero-order chi connectivity index (χ0) is 19.1. The summed E-state index contributed by atoms with van der Waals surface area (Å²) < 4.78 is 5.05. The van der Waals surface area contributed by atoms with Gasteiger partial charge in [0.2, 0.25) is 0 Å². The topological polar surface area (TPSA) is 101 Å². The molecular formula is C19H25N3O4. The highest BCUT2D eigenvalue weighted by molar-refractivity contribution is 6.02. The Morgan fingerprint density at radius 3 is 2.54 bits per heavy atom. The number of H-pyrrole nitrogens is 1. The first-order valence-corrected chi connectivity index (χ1v) is 8.82. The zero-order valence-corrected chi connectivity index (χ0v) is 15.4. The first kappa shape index (κ1) is 19.6. The van der Waals surface area contributed by atoms with Crippen LogP contribution in [0.3, 0.4) is 0 Å². The van der Waals surface area contributed by atoms with Crippen molar-refractivity contribution >= 4 is 22.6 Å². The number of hydrogen-bond acceptors (Lipinski definition) is 5. The van der Waals surface area contributed by atoms with Crippen molar-refractivity contribution in [3.8, 4) is 0 Å². The number of ether oxygens (including phenoxy) is 1. The highest BCUT2D eigenvalue weighted by Crippen LogP contribution is 2.13. The van der Waals surface area contributed by atoms with E-state index in [1.54, 1.807) is 24.3 Å². The van der Waals surface area contributed by atoms with Gasteiger partial charge in [-0.15, -0.1) is 0 Å². The lowest BCUT2D eigenvalue weighted by Crippen LogP contribution is -2.36. The summed E-state index contributed by atoms with van der Waals surface area (Å²) in [5.41, 5.74) is -0.400. The molecule has 26 heavy (non-hydrogen) atoms. The van der Waals surface area contributed by atoms with E-state index in [1.807, 2.05) is 6.92 Å². The third kappa shape index (κ3) is 5.40. The van der Waals surface area contributed by atoms with E-state index in [0.29, 0.717) is 16.7 Å². The molecule has 1 atom stereocenters. The number of carbonyl (C=O) groups is 2. The Kier molecular flexibility index (Phi) is 6.89. The Bertz CT molecular complexity index is 829. The Hall–Kier alpha value is -2.70. The third-order valence-electron chi connectivity index (χ3n) is 4.05.